The van der Waals surface area contributed by atoms with E-state index < -0.39 is 82.3 Å². The van der Waals surface area contributed by atoms with E-state index in [2.05, 4.69) is 21.3 Å². The van der Waals surface area contributed by atoms with Gasteiger partial charge < -0.3 is 45.8 Å². The third kappa shape index (κ3) is 14.9. The number of amides is 4. The van der Waals surface area contributed by atoms with Crippen molar-refractivity contribution in [3.63, 3.8) is 0 Å². The van der Waals surface area contributed by atoms with Gasteiger partial charge in [-0.2, -0.15) is 0 Å². The van der Waals surface area contributed by atoms with E-state index in [4.69, 9.17) is 14.3 Å². The molecule has 3 aromatic rings. The Kier molecular flexibility index (Phi) is 14.7. The lowest BCUT2D eigenvalue weighted by Gasteiger charge is -2.32. The number of ether oxygens (including phenoxy) is 2. The minimum absolute atomic E-state index is 0.0262. The Balaban J connectivity index is 1.99. The summed E-state index contributed by atoms with van der Waals surface area (Å²) in [5.41, 5.74) is -0.820. The van der Waals surface area contributed by atoms with Crippen molar-refractivity contribution in [2.75, 3.05) is 0 Å². The van der Waals surface area contributed by atoms with E-state index in [1.165, 1.54) is 0 Å². The maximum absolute atomic E-state index is 14.4. The number of benzene rings is 2. The van der Waals surface area contributed by atoms with Gasteiger partial charge in [-0.1, -0.05) is 102 Å². The van der Waals surface area contributed by atoms with E-state index in [1.54, 1.807) is 75.4 Å². The second-order valence-corrected chi connectivity index (χ2v) is 16.6. The maximum Gasteiger partial charge on any atom is 0.408 e. The van der Waals surface area contributed by atoms with Crippen LogP contribution in [0.4, 0.5) is 9.59 Å². The zero-order valence-corrected chi connectivity index (χ0v) is 33.0. The van der Waals surface area contributed by atoms with Gasteiger partial charge in [0.15, 0.2) is 6.04 Å². The zero-order valence-electron chi connectivity index (χ0n) is 33.0. The smallest absolute Gasteiger partial charge is 0.408 e. The number of alkyl carbamates (subject to hydrolysis) is 2. The topological polar surface area (TPSA) is 207 Å². The number of hydrogen-bond acceptors (Lipinski definition) is 10. The normalized spacial score (nSPS) is 14.0. The van der Waals surface area contributed by atoms with E-state index in [0.717, 1.165) is 17.7 Å². The Morgan fingerprint density at radius 3 is 1.64 bits per heavy atom. The third-order valence-electron chi connectivity index (χ3n) is 7.78. The number of nitrogens with zero attached hydrogens (tertiary/aromatic N) is 1. The van der Waals surface area contributed by atoms with Crippen molar-refractivity contribution in [1.82, 2.24) is 26.0 Å². The van der Waals surface area contributed by atoms with Crippen molar-refractivity contribution in [2.24, 2.45) is 10.8 Å². The highest BCUT2D eigenvalue weighted by atomic mass is 16.7. The first kappa shape index (κ1) is 43.7. The van der Waals surface area contributed by atoms with Crippen molar-refractivity contribution in [3.8, 4) is 11.8 Å². The summed E-state index contributed by atoms with van der Waals surface area (Å²) < 4.78 is 11.3. The molecule has 1 heterocycles. The monoisotopic (exact) mass is 765 g/mol. The van der Waals surface area contributed by atoms with Crippen LogP contribution >= 0.6 is 0 Å². The second kappa shape index (κ2) is 18.5. The van der Waals surface area contributed by atoms with Crippen LogP contribution in [0.5, 0.6) is 11.8 Å². The number of carbonyl (C=O) groups is 5. The molecule has 300 valence electrons. The molecule has 0 fully saturated rings. The Hall–Kier alpha value is -5.73. The van der Waals surface area contributed by atoms with Crippen molar-refractivity contribution < 1.29 is 48.5 Å². The van der Waals surface area contributed by atoms with Crippen LogP contribution < -0.4 is 26.1 Å². The molecule has 55 heavy (non-hydrogen) atoms. The fraction of sp³-hybridized carbons (Fsp3) is 0.475. The third-order valence-corrected chi connectivity index (χ3v) is 7.78. The summed E-state index contributed by atoms with van der Waals surface area (Å²) in [6.45, 7) is 16.2. The summed E-state index contributed by atoms with van der Waals surface area (Å²) >= 11 is 0. The molecule has 15 nitrogen and oxygen atoms in total. The van der Waals surface area contributed by atoms with Crippen molar-refractivity contribution in [2.45, 2.75) is 112 Å². The number of hydrogen-bond donors (Lipinski definition) is 6. The molecule has 2 aromatic carbocycles. The first-order chi connectivity index (χ1) is 25.5. The Bertz CT molecular complexity index is 1740. The van der Waals surface area contributed by atoms with Gasteiger partial charge in [0.05, 0.1) is 6.04 Å². The predicted octanol–water partition coefficient (Wildman–Crippen LogP) is 5.26. The fourth-order valence-corrected chi connectivity index (χ4v) is 5.45. The molecule has 0 bridgehead atoms. The molecule has 0 aliphatic carbocycles. The molecule has 0 saturated carbocycles. The van der Waals surface area contributed by atoms with Crippen LogP contribution in [0, 0.1) is 10.8 Å². The number of nitrogens with one attached hydrogen (secondary N) is 4. The van der Waals surface area contributed by atoms with Crippen LogP contribution in [0.3, 0.4) is 0 Å². The SMILES string of the molecule is CC(C)(C)C[C@H](NC(=O)[C@@H](CC(C)(C)C)NC(=O)OCc1ccccc1)C(=O)N[C@H](C(=O)On1c(O)ccc1O)[C@H](NC(=O)OC(C)(C)C)c1ccccc1. The second-order valence-electron chi connectivity index (χ2n) is 16.6. The van der Waals surface area contributed by atoms with Gasteiger partial charge in [-0.15, -0.1) is 4.73 Å². The average Bonchev–Trinajstić information content (AvgIpc) is 3.39. The molecule has 15 heteroatoms. The van der Waals surface area contributed by atoms with Gasteiger partial charge >= 0.3 is 18.2 Å². The largest absolute Gasteiger partial charge is 0.492 e. The summed E-state index contributed by atoms with van der Waals surface area (Å²) in [5, 5.41) is 31.2. The number of aromatic hydroxyl groups is 2. The first-order valence-electron chi connectivity index (χ1n) is 18.0. The van der Waals surface area contributed by atoms with Crippen molar-refractivity contribution in [3.05, 3.63) is 83.9 Å². The summed E-state index contributed by atoms with van der Waals surface area (Å²) in [7, 11) is 0. The summed E-state index contributed by atoms with van der Waals surface area (Å²) in [4.78, 5) is 73.8. The fourth-order valence-electron chi connectivity index (χ4n) is 5.45. The molecule has 0 spiro atoms. The highest BCUT2D eigenvalue weighted by Gasteiger charge is 2.39. The van der Waals surface area contributed by atoms with Gasteiger partial charge in [-0.25, -0.2) is 14.4 Å². The van der Waals surface area contributed by atoms with Crippen LogP contribution in [0.2, 0.25) is 0 Å². The van der Waals surface area contributed by atoms with E-state index in [9.17, 15) is 34.2 Å². The Morgan fingerprint density at radius 1 is 0.636 bits per heavy atom. The van der Waals surface area contributed by atoms with E-state index in [1.807, 2.05) is 47.6 Å². The van der Waals surface area contributed by atoms with E-state index in [-0.39, 0.29) is 19.4 Å². The van der Waals surface area contributed by atoms with Crippen LogP contribution in [0.25, 0.3) is 0 Å². The van der Waals surface area contributed by atoms with Gasteiger partial charge in [0, 0.05) is 12.1 Å². The average molecular weight is 766 g/mol. The van der Waals surface area contributed by atoms with Crippen LogP contribution in [-0.2, 0) is 30.5 Å². The number of carbonyl (C=O) groups excluding carboxylic acids is 5. The van der Waals surface area contributed by atoms with E-state index >= 15 is 0 Å². The Morgan fingerprint density at radius 2 is 1.13 bits per heavy atom. The molecule has 4 atom stereocenters. The molecule has 0 aliphatic rings. The maximum atomic E-state index is 14.4. The van der Waals surface area contributed by atoms with Gasteiger partial charge in [-0.05, 0) is 55.6 Å². The molecule has 0 radical (unpaired) electrons. The minimum Gasteiger partial charge on any atom is -0.492 e. The molecule has 0 aliphatic heterocycles. The molecule has 1 aromatic heterocycles. The van der Waals surface area contributed by atoms with Crippen molar-refractivity contribution >= 4 is 30.0 Å². The van der Waals surface area contributed by atoms with Crippen LogP contribution in [-0.4, -0.2) is 68.6 Å². The van der Waals surface area contributed by atoms with Gasteiger partial charge in [-0.3, -0.25) is 9.59 Å². The van der Waals surface area contributed by atoms with Gasteiger partial charge in [0.25, 0.3) is 0 Å². The number of aromatic nitrogens is 1. The molecular weight excluding hydrogens is 710 g/mol. The molecule has 4 amide bonds. The molecule has 3 rings (SSSR count). The highest BCUT2D eigenvalue weighted by Crippen LogP contribution is 2.26. The first-order valence-corrected chi connectivity index (χ1v) is 18.0. The lowest BCUT2D eigenvalue weighted by Crippen LogP contribution is -2.59. The molecule has 6 N–H and O–H groups in total. The summed E-state index contributed by atoms with van der Waals surface area (Å²) in [5.74, 6) is -3.95. The Labute approximate surface area is 322 Å². The minimum atomic E-state index is -1.72. The van der Waals surface area contributed by atoms with Crippen molar-refractivity contribution in [1.29, 1.82) is 0 Å². The summed E-state index contributed by atoms with van der Waals surface area (Å²) in [6, 6.07) is 14.0. The quantitative estimate of drug-likeness (QED) is 0.126. The number of rotatable bonds is 14. The lowest BCUT2D eigenvalue weighted by molar-refractivity contribution is -0.150. The molecular formula is C40H55N5O10. The van der Waals surface area contributed by atoms with Crippen LogP contribution in [0.1, 0.15) is 92.3 Å². The summed E-state index contributed by atoms with van der Waals surface area (Å²) in [6.07, 6.45) is -1.50. The van der Waals surface area contributed by atoms with Gasteiger partial charge in [0.1, 0.15) is 24.3 Å². The lowest BCUT2D eigenvalue weighted by atomic mass is 9.86. The standard InChI is InChI=1S/C40H55N5O10/c1-38(2,3)22-27(41-33(48)28(23-39(4,5)6)42-36(51)53-24-25-16-12-10-13-17-25)34(49)43-32(35(50)55-45-29(46)20-21-30(45)47)31(26-18-14-11-15-19-26)44-37(52)54-40(7,8)9/h10-21,27-28,31-32,46-47H,22-24H2,1-9H3,(H,41,48)(H,42,51)(H,43,49)(H,44,52)/t27-,28+,31+,32-/m0/s1. The predicted molar refractivity (Wildman–Crippen MR) is 203 cm³/mol. The highest BCUT2D eigenvalue weighted by molar-refractivity contribution is 5.93. The van der Waals surface area contributed by atoms with Gasteiger partial charge in [0.2, 0.25) is 23.6 Å². The molecule has 0 saturated heterocycles. The zero-order chi connectivity index (χ0) is 41.1. The van der Waals surface area contributed by atoms with Crippen LogP contribution in [0.15, 0.2) is 72.8 Å². The molecule has 0 unspecified atom stereocenters. The van der Waals surface area contributed by atoms with E-state index in [0.29, 0.717) is 10.3 Å².